The molecular formula is C15H27N3O3. The number of hydrogen-bond donors (Lipinski definition) is 1. The topological polar surface area (TPSA) is 61.9 Å². The molecule has 2 saturated heterocycles. The van der Waals surface area contributed by atoms with E-state index in [1.54, 1.807) is 19.0 Å². The van der Waals surface area contributed by atoms with Gasteiger partial charge in [-0.2, -0.15) is 0 Å². The smallest absolute Gasteiger partial charge is 0.229 e. The van der Waals surface area contributed by atoms with Gasteiger partial charge >= 0.3 is 0 Å². The van der Waals surface area contributed by atoms with Crippen LogP contribution in [0.25, 0.3) is 0 Å². The van der Waals surface area contributed by atoms with E-state index in [0.29, 0.717) is 26.3 Å². The van der Waals surface area contributed by atoms with Crippen molar-refractivity contribution in [3.8, 4) is 0 Å². The van der Waals surface area contributed by atoms with Gasteiger partial charge in [-0.25, -0.2) is 0 Å². The van der Waals surface area contributed by atoms with Crippen LogP contribution in [0.4, 0.5) is 0 Å². The number of nitrogens with one attached hydrogen (secondary N) is 1. The molecule has 6 heteroatoms. The van der Waals surface area contributed by atoms with Crippen LogP contribution >= 0.6 is 0 Å². The van der Waals surface area contributed by atoms with Crippen molar-refractivity contribution in [2.45, 2.75) is 25.8 Å². The molecule has 0 saturated carbocycles. The zero-order chi connectivity index (χ0) is 15.4. The van der Waals surface area contributed by atoms with Crippen molar-refractivity contribution in [3.63, 3.8) is 0 Å². The van der Waals surface area contributed by atoms with Crippen LogP contribution in [-0.4, -0.2) is 74.6 Å². The molecule has 2 rings (SSSR count). The van der Waals surface area contributed by atoms with Crippen LogP contribution in [-0.2, 0) is 14.3 Å². The van der Waals surface area contributed by atoms with Gasteiger partial charge in [-0.3, -0.25) is 9.59 Å². The van der Waals surface area contributed by atoms with E-state index < -0.39 is 0 Å². The van der Waals surface area contributed by atoms with Gasteiger partial charge in [0.2, 0.25) is 11.8 Å². The fourth-order valence-electron chi connectivity index (χ4n) is 3.21. The summed E-state index contributed by atoms with van der Waals surface area (Å²) in [6.45, 7) is 5.36. The highest BCUT2D eigenvalue weighted by atomic mass is 16.5. The summed E-state index contributed by atoms with van der Waals surface area (Å²) in [5, 5.41) is 3.32. The van der Waals surface area contributed by atoms with Crippen molar-refractivity contribution in [3.05, 3.63) is 0 Å². The highest BCUT2D eigenvalue weighted by Crippen LogP contribution is 2.23. The van der Waals surface area contributed by atoms with Crippen LogP contribution in [0.5, 0.6) is 0 Å². The Hall–Kier alpha value is -1.14. The summed E-state index contributed by atoms with van der Waals surface area (Å²) in [7, 11) is 3.58. The maximum absolute atomic E-state index is 12.6. The highest BCUT2D eigenvalue weighted by molar-refractivity contribution is 5.81. The van der Waals surface area contributed by atoms with Gasteiger partial charge in [0, 0.05) is 39.1 Å². The lowest BCUT2D eigenvalue weighted by Gasteiger charge is -2.34. The number of piperidine rings is 1. The van der Waals surface area contributed by atoms with E-state index in [9.17, 15) is 9.59 Å². The molecular weight excluding hydrogens is 270 g/mol. The zero-order valence-electron chi connectivity index (χ0n) is 13.3. The molecule has 120 valence electrons. The van der Waals surface area contributed by atoms with E-state index in [0.717, 1.165) is 19.4 Å². The first kappa shape index (κ1) is 16.2. The zero-order valence-corrected chi connectivity index (χ0v) is 13.3. The molecule has 21 heavy (non-hydrogen) atoms. The first-order valence-electron chi connectivity index (χ1n) is 7.85. The molecule has 1 N–H and O–H groups in total. The Balaban J connectivity index is 1.87. The lowest BCUT2D eigenvalue weighted by atomic mass is 9.93. The molecule has 2 unspecified atom stereocenters. The number of hydrogen-bond acceptors (Lipinski definition) is 4. The SMILES string of the molecule is CCNC1COCC1C(=O)N1CCC(C(=O)N(C)C)CC1. The Morgan fingerprint density at radius 1 is 1.24 bits per heavy atom. The van der Waals surface area contributed by atoms with Crippen molar-refractivity contribution in [1.29, 1.82) is 0 Å². The van der Waals surface area contributed by atoms with E-state index in [1.807, 2.05) is 11.8 Å². The van der Waals surface area contributed by atoms with Crippen molar-refractivity contribution >= 4 is 11.8 Å². The minimum absolute atomic E-state index is 0.0634. The second-order valence-electron chi connectivity index (χ2n) is 6.14. The second kappa shape index (κ2) is 7.22. The molecule has 0 spiro atoms. The van der Waals surface area contributed by atoms with Gasteiger partial charge in [-0.05, 0) is 19.4 Å². The summed E-state index contributed by atoms with van der Waals surface area (Å²) in [6, 6.07) is 0.128. The number of carbonyl (C=O) groups is 2. The Labute approximate surface area is 126 Å². The lowest BCUT2D eigenvalue weighted by Crippen LogP contribution is -2.49. The van der Waals surface area contributed by atoms with Crippen LogP contribution in [0.15, 0.2) is 0 Å². The average molecular weight is 297 g/mol. The first-order chi connectivity index (χ1) is 10.0. The molecule has 0 aromatic carbocycles. The second-order valence-corrected chi connectivity index (χ2v) is 6.14. The highest BCUT2D eigenvalue weighted by Gasteiger charge is 2.37. The number of ether oxygens (including phenoxy) is 1. The Bertz CT molecular complexity index is 378. The molecule has 2 aliphatic rings. The Morgan fingerprint density at radius 3 is 2.48 bits per heavy atom. The van der Waals surface area contributed by atoms with Gasteiger partial charge in [-0.1, -0.05) is 6.92 Å². The lowest BCUT2D eigenvalue weighted by molar-refractivity contribution is -0.141. The van der Waals surface area contributed by atoms with Crippen molar-refractivity contribution in [1.82, 2.24) is 15.1 Å². The molecule has 2 aliphatic heterocycles. The number of nitrogens with zero attached hydrogens (tertiary/aromatic N) is 2. The number of amides is 2. The van der Waals surface area contributed by atoms with E-state index in [2.05, 4.69) is 5.32 Å². The molecule has 0 bridgehead atoms. The summed E-state index contributed by atoms with van der Waals surface area (Å²) in [5.41, 5.74) is 0. The van der Waals surface area contributed by atoms with Crippen LogP contribution in [0, 0.1) is 11.8 Å². The predicted molar refractivity (Wildman–Crippen MR) is 79.8 cm³/mol. The third-order valence-corrected chi connectivity index (χ3v) is 4.46. The third-order valence-electron chi connectivity index (χ3n) is 4.46. The van der Waals surface area contributed by atoms with Crippen LogP contribution in [0.1, 0.15) is 19.8 Å². The van der Waals surface area contributed by atoms with Gasteiger partial charge < -0.3 is 19.9 Å². The predicted octanol–water partition coefficient (Wildman–Crippen LogP) is -0.0623. The van der Waals surface area contributed by atoms with Gasteiger partial charge in [0.25, 0.3) is 0 Å². The molecule has 6 nitrogen and oxygen atoms in total. The maximum Gasteiger partial charge on any atom is 0.229 e. The Morgan fingerprint density at radius 2 is 1.90 bits per heavy atom. The largest absolute Gasteiger partial charge is 0.379 e. The van der Waals surface area contributed by atoms with E-state index in [4.69, 9.17) is 4.74 Å². The molecule has 2 heterocycles. The molecule has 0 aliphatic carbocycles. The van der Waals surface area contributed by atoms with Crippen LogP contribution in [0.3, 0.4) is 0 Å². The maximum atomic E-state index is 12.6. The van der Waals surface area contributed by atoms with Gasteiger partial charge in [0.15, 0.2) is 0 Å². The normalized spacial score (nSPS) is 26.9. The average Bonchev–Trinajstić information content (AvgIpc) is 2.94. The minimum atomic E-state index is -0.0777. The van der Waals surface area contributed by atoms with Crippen molar-refractivity contribution in [2.24, 2.45) is 11.8 Å². The summed E-state index contributed by atoms with van der Waals surface area (Å²) in [5.74, 6) is 0.338. The minimum Gasteiger partial charge on any atom is -0.379 e. The first-order valence-corrected chi connectivity index (χ1v) is 7.85. The summed E-state index contributed by atoms with van der Waals surface area (Å²) in [6.07, 6.45) is 1.53. The Kier molecular flexibility index (Phi) is 5.58. The quantitative estimate of drug-likeness (QED) is 0.789. The number of likely N-dealkylation sites (N-methyl/N-ethyl adjacent to an activating group) is 1. The van der Waals surface area contributed by atoms with E-state index >= 15 is 0 Å². The fourth-order valence-corrected chi connectivity index (χ4v) is 3.21. The van der Waals surface area contributed by atoms with Gasteiger partial charge in [0.05, 0.1) is 19.1 Å². The van der Waals surface area contributed by atoms with Gasteiger partial charge in [-0.15, -0.1) is 0 Å². The summed E-state index contributed by atoms with van der Waals surface area (Å²) < 4.78 is 5.45. The third kappa shape index (κ3) is 3.74. The number of likely N-dealkylation sites (tertiary alicyclic amines) is 1. The molecule has 2 atom stereocenters. The molecule has 2 fully saturated rings. The summed E-state index contributed by atoms with van der Waals surface area (Å²) in [4.78, 5) is 28.1. The van der Waals surface area contributed by atoms with Crippen molar-refractivity contribution < 1.29 is 14.3 Å². The van der Waals surface area contributed by atoms with Crippen LogP contribution < -0.4 is 5.32 Å². The van der Waals surface area contributed by atoms with Crippen molar-refractivity contribution in [2.75, 3.05) is 46.9 Å². The van der Waals surface area contributed by atoms with Gasteiger partial charge in [0.1, 0.15) is 0 Å². The number of carbonyl (C=O) groups excluding carboxylic acids is 2. The summed E-state index contributed by atoms with van der Waals surface area (Å²) >= 11 is 0. The van der Waals surface area contributed by atoms with E-state index in [-0.39, 0.29) is 29.7 Å². The molecule has 0 aromatic heterocycles. The fraction of sp³-hybridized carbons (Fsp3) is 0.867. The molecule has 0 aromatic rings. The standard InChI is InChI=1S/C15H27N3O3/c1-4-16-13-10-21-9-12(13)15(20)18-7-5-11(6-8-18)14(19)17(2)3/h11-13,16H,4-10H2,1-3H3. The monoisotopic (exact) mass is 297 g/mol. The van der Waals surface area contributed by atoms with E-state index in [1.165, 1.54) is 0 Å². The molecule has 2 amide bonds. The number of rotatable bonds is 4. The molecule has 0 radical (unpaired) electrons. The van der Waals surface area contributed by atoms with Crippen LogP contribution in [0.2, 0.25) is 0 Å².